The number of urea groups is 1. The lowest BCUT2D eigenvalue weighted by Gasteiger charge is -2.19. The van der Waals surface area contributed by atoms with E-state index in [1.807, 2.05) is 30.2 Å². The number of ketones is 1. The number of ether oxygens (including phenoxy) is 4. The number of oxime groups is 1. The predicted molar refractivity (Wildman–Crippen MR) is 380 cm³/mol. The van der Waals surface area contributed by atoms with Gasteiger partial charge in [-0.2, -0.15) is 20.1 Å². The number of fused-ring (bicyclic) bond motifs is 1. The van der Waals surface area contributed by atoms with E-state index in [0.717, 1.165) is 48.6 Å². The van der Waals surface area contributed by atoms with Crippen molar-refractivity contribution < 1.29 is 78.1 Å². The number of anilines is 1. The topological polar surface area (TPSA) is 398 Å². The SMILES string of the molecule is CCc1cc(C)cc(CC)c1-c1c(OC(=O)C(C)(C)C)n2n(c1=O)CCOCC2.COc1ccccc1C(=O)NS(=O)(=O)c1ccc(C(=O)NC2CC2)cc1.COc1nc(C)nc(NC(=O)NS(=O)(=O)c2ccccc2Cl)n1.Cc1c(C(=O)c2cnn(C)c2O)ccc(S(C)(=O)=O)c1C1=NOCC1. The van der Waals surface area contributed by atoms with Gasteiger partial charge in [-0.3, -0.25) is 29.3 Å². The molecule has 4 amide bonds. The number of esters is 1. The molecule has 2 aliphatic heterocycles. The lowest BCUT2D eigenvalue weighted by atomic mass is 9.91. The van der Waals surface area contributed by atoms with Gasteiger partial charge in [0.15, 0.2) is 15.6 Å². The van der Waals surface area contributed by atoms with Crippen LogP contribution in [0.25, 0.3) is 11.1 Å². The number of hydrogen-bond acceptors (Lipinski definition) is 23. The number of aromatic nitrogens is 7. The molecule has 5 aromatic carbocycles. The van der Waals surface area contributed by atoms with E-state index in [1.54, 1.807) is 47.5 Å². The fourth-order valence-electron chi connectivity index (χ4n) is 10.5. The lowest BCUT2D eigenvalue weighted by molar-refractivity contribution is -0.143. The maximum absolute atomic E-state index is 13.5. The van der Waals surface area contributed by atoms with E-state index < -0.39 is 53.0 Å². The first-order valence-electron chi connectivity index (χ1n) is 32.1. The van der Waals surface area contributed by atoms with E-state index in [-0.39, 0.29) is 83.5 Å². The van der Waals surface area contributed by atoms with Crippen LogP contribution in [0.5, 0.6) is 23.5 Å². The van der Waals surface area contributed by atoms with Crippen molar-refractivity contribution in [2.45, 2.75) is 121 Å². The summed E-state index contributed by atoms with van der Waals surface area (Å²) >= 11 is 5.81. The van der Waals surface area contributed by atoms with Gasteiger partial charge < -0.3 is 34.2 Å². The average Bonchev–Trinajstić information content (AvgIpc) is 1.64. The molecule has 0 bridgehead atoms. The number of aryl methyl sites for hydroxylation is 5. The molecule has 0 spiro atoms. The standard InChI is InChI=1S/C23H32N2O4.C18H18N2O5S.C16H17N3O5S.C12H12ClN5O4S/c1-7-16-13-15(3)14-17(8-2)18(16)19-20(26)24-9-11-28-12-10-25(24)21(19)29-22(27)23(4,5)6;1-25-16-5-3-2-4-15(16)18(22)20-26(23,24)14-10-6-12(7-11-14)17(21)19-13-8-9-13;1-9-10(15(20)11-8-17-19(2)16(11)21)4-5-13(25(3,22)23)14(9)12-6-7-24-18-12;1-7-14-10(17-12(15-7)22-2)16-11(19)18-23(20,21)9-6-4-3-5-8(9)13/h13-14H,7-12H2,1-6H3;2-7,10-11,13H,8-9H2,1H3,(H,19,21)(H,20,22);4-5,8,21H,6-7H2,1-3H3;3-6H,1-2H3,(H2,14,15,16,17,18,19). The second kappa shape index (κ2) is 33.2. The number of para-hydroxylation sites is 1. The number of aromatic hydroxyl groups is 1. The highest BCUT2D eigenvalue weighted by molar-refractivity contribution is 7.91. The number of sulfone groups is 1. The van der Waals surface area contributed by atoms with Crippen LogP contribution in [0.4, 0.5) is 10.7 Å². The molecule has 3 aromatic heterocycles. The van der Waals surface area contributed by atoms with Gasteiger partial charge in [0.25, 0.3) is 37.4 Å². The van der Waals surface area contributed by atoms with E-state index in [2.05, 4.69) is 68.7 Å². The highest BCUT2D eigenvalue weighted by Crippen LogP contribution is 2.37. The van der Waals surface area contributed by atoms with Crippen molar-refractivity contribution >= 4 is 82.7 Å². The first-order valence-corrected chi connectivity index (χ1v) is 37.4. The number of nitrogens with zero attached hydrogens (tertiary/aromatic N) is 8. The first-order chi connectivity index (χ1) is 48.6. The highest BCUT2D eigenvalue weighted by Gasteiger charge is 2.34. The Kier molecular flexibility index (Phi) is 25.2. The average molecular weight is 1500 g/mol. The number of nitrogens with one attached hydrogen (secondary N) is 4. The van der Waals surface area contributed by atoms with Crippen molar-refractivity contribution in [3.8, 4) is 34.6 Å². The van der Waals surface area contributed by atoms with Crippen molar-refractivity contribution in [2.75, 3.05) is 45.6 Å². The number of carbonyl (C=O) groups is 5. The molecule has 0 saturated heterocycles. The summed E-state index contributed by atoms with van der Waals surface area (Å²) < 4.78 is 103. The Balaban J connectivity index is 0.000000175. The third-order valence-electron chi connectivity index (χ3n) is 15.9. The zero-order valence-electron chi connectivity index (χ0n) is 58.5. The first kappa shape index (κ1) is 78.4. The van der Waals surface area contributed by atoms with Crippen LogP contribution in [0.2, 0.25) is 5.02 Å². The van der Waals surface area contributed by atoms with Crippen LogP contribution in [0.15, 0.2) is 128 Å². The second-order valence-corrected chi connectivity index (χ2v) is 30.3. The van der Waals surface area contributed by atoms with Crippen molar-refractivity contribution in [3.05, 3.63) is 175 Å². The summed E-state index contributed by atoms with van der Waals surface area (Å²) in [5.41, 5.74) is 6.14. The third-order valence-corrected chi connectivity index (χ3v) is 20.2. The maximum atomic E-state index is 13.5. The van der Waals surface area contributed by atoms with Crippen LogP contribution >= 0.6 is 11.6 Å². The number of halogens is 1. The Morgan fingerprint density at radius 1 is 0.718 bits per heavy atom. The highest BCUT2D eigenvalue weighted by atomic mass is 35.5. The molecule has 3 aliphatic rings. The molecule has 5 heterocycles. The normalized spacial score (nSPS) is 13.4. The van der Waals surface area contributed by atoms with Crippen LogP contribution in [-0.2, 0) is 77.2 Å². The zero-order valence-corrected chi connectivity index (χ0v) is 61.7. The van der Waals surface area contributed by atoms with Gasteiger partial charge >= 0.3 is 18.0 Å². The minimum Gasteiger partial charge on any atom is -0.496 e. The molecule has 103 heavy (non-hydrogen) atoms. The smallest absolute Gasteiger partial charge is 0.335 e. The van der Waals surface area contributed by atoms with E-state index in [0.29, 0.717) is 79.0 Å². The van der Waals surface area contributed by atoms with Crippen molar-refractivity contribution in [3.63, 3.8) is 0 Å². The summed E-state index contributed by atoms with van der Waals surface area (Å²) in [5, 5.41) is 22.7. The number of sulfonamides is 2. The third kappa shape index (κ3) is 19.2. The summed E-state index contributed by atoms with van der Waals surface area (Å²) in [5.74, 6) is -1.33. The molecule has 0 radical (unpaired) electrons. The van der Waals surface area contributed by atoms with E-state index in [4.69, 9.17) is 35.4 Å². The van der Waals surface area contributed by atoms with Crippen LogP contribution in [0.1, 0.15) is 124 Å². The summed E-state index contributed by atoms with van der Waals surface area (Å²) in [6, 6.07) is 23.7. The number of rotatable bonds is 18. The van der Waals surface area contributed by atoms with Gasteiger partial charge in [0.1, 0.15) is 34.2 Å². The Hall–Kier alpha value is -10.4. The second-order valence-electron chi connectivity index (χ2n) is 24.6. The molecular formula is C69H79ClN12O18S3. The van der Waals surface area contributed by atoms with Crippen LogP contribution in [-0.4, -0.2) is 146 Å². The molecular weight excluding hydrogens is 1420 g/mol. The number of benzene rings is 5. The van der Waals surface area contributed by atoms with E-state index >= 15 is 0 Å². The fraction of sp³-hybridized carbons (Fsp3) is 0.348. The summed E-state index contributed by atoms with van der Waals surface area (Å²) in [7, 11) is -7.47. The Bertz CT molecular complexity index is 4980. The fourth-order valence-corrected chi connectivity index (χ4v) is 13.9. The molecule has 1 fully saturated rings. The Morgan fingerprint density at radius 3 is 1.93 bits per heavy atom. The van der Waals surface area contributed by atoms with Gasteiger partial charge in [0.2, 0.25) is 17.7 Å². The quantitative estimate of drug-likeness (QED) is 0.0401. The molecule has 30 nitrogen and oxygen atoms in total. The molecule has 5 N–H and O–H groups in total. The number of methoxy groups -OCH3 is 2. The molecule has 11 rings (SSSR count). The van der Waals surface area contributed by atoms with Crippen molar-refractivity contribution in [1.82, 2.24) is 48.9 Å². The molecule has 0 unspecified atom stereocenters. The number of hydrogen-bond donors (Lipinski definition) is 5. The van der Waals surface area contributed by atoms with Gasteiger partial charge in [0, 0.05) is 42.5 Å². The molecule has 1 saturated carbocycles. The van der Waals surface area contributed by atoms with Crippen LogP contribution < -0.4 is 39.8 Å². The molecule has 8 aromatic rings. The number of carbonyl (C=O) groups excluding carboxylic acids is 5. The van der Waals surface area contributed by atoms with Gasteiger partial charge in [-0.15, -0.1) is 0 Å². The lowest BCUT2D eigenvalue weighted by Crippen LogP contribution is -2.35. The van der Waals surface area contributed by atoms with Gasteiger partial charge in [-0.05, 0) is 150 Å². The molecule has 0 atom stereocenters. The van der Waals surface area contributed by atoms with Crippen LogP contribution in [0.3, 0.4) is 0 Å². The zero-order chi connectivity index (χ0) is 75.5. The number of amides is 4. The van der Waals surface area contributed by atoms with Crippen molar-refractivity contribution in [1.29, 1.82) is 0 Å². The molecule has 548 valence electrons. The van der Waals surface area contributed by atoms with E-state index in [1.165, 1.54) is 98.4 Å². The summed E-state index contributed by atoms with van der Waals surface area (Å²) in [6.07, 6.45) is 6.36. The molecule has 1 aliphatic carbocycles. The maximum Gasteiger partial charge on any atom is 0.335 e. The monoisotopic (exact) mass is 1490 g/mol. The van der Waals surface area contributed by atoms with E-state index in [9.17, 15) is 59.1 Å². The minimum absolute atomic E-state index is 0.00882. The van der Waals surface area contributed by atoms with Gasteiger partial charge in [-0.1, -0.05) is 72.6 Å². The minimum atomic E-state index is -4.13. The van der Waals surface area contributed by atoms with Crippen molar-refractivity contribution in [2.24, 2.45) is 17.6 Å². The predicted octanol–water partition coefficient (Wildman–Crippen LogP) is 7.98. The molecule has 34 heteroatoms. The van der Waals surface area contributed by atoms with Gasteiger partial charge in [0.05, 0.1) is 78.2 Å². The summed E-state index contributed by atoms with van der Waals surface area (Å²) in [6.45, 7) is 17.1. The summed E-state index contributed by atoms with van der Waals surface area (Å²) in [4.78, 5) is 91.4. The Morgan fingerprint density at radius 2 is 1.36 bits per heavy atom. The largest absolute Gasteiger partial charge is 0.496 e. The van der Waals surface area contributed by atoms with Crippen LogP contribution in [0, 0.1) is 26.2 Å². The van der Waals surface area contributed by atoms with Gasteiger partial charge in [-0.25, -0.2) is 53.5 Å². The Labute approximate surface area is 600 Å².